The Morgan fingerprint density at radius 3 is 2.80 bits per heavy atom. The number of hydrogen-bond donors (Lipinski definition) is 1. The fourth-order valence-electron chi connectivity index (χ4n) is 2.23. The van der Waals surface area contributed by atoms with Crippen LogP contribution >= 0.6 is 22.7 Å². The standard InChI is InChI=1S/C17H13N3O3S2/c1-10-7-12(20-23-10)9-22-16(21)14-8-13-15(24-14)19-17(25-13)18-11-5-3-2-4-6-11/h2-8H,9H2,1H3,(H,18,19). The molecule has 3 heterocycles. The summed E-state index contributed by atoms with van der Waals surface area (Å²) in [5.41, 5.74) is 1.57. The van der Waals surface area contributed by atoms with Crippen LogP contribution in [-0.2, 0) is 11.3 Å². The van der Waals surface area contributed by atoms with Gasteiger partial charge in [-0.3, -0.25) is 0 Å². The number of carbonyl (C=O) groups excluding carboxylic acids is 1. The van der Waals surface area contributed by atoms with E-state index < -0.39 is 0 Å². The number of esters is 1. The Balaban J connectivity index is 1.44. The van der Waals surface area contributed by atoms with Crippen LogP contribution < -0.4 is 5.32 Å². The number of thiophene rings is 1. The summed E-state index contributed by atoms with van der Waals surface area (Å²) in [6, 6.07) is 13.4. The molecule has 0 aliphatic heterocycles. The van der Waals surface area contributed by atoms with Gasteiger partial charge in [-0.2, -0.15) is 0 Å². The average Bonchev–Trinajstić information content (AvgIpc) is 3.28. The minimum atomic E-state index is -0.381. The maximum atomic E-state index is 12.2. The molecule has 25 heavy (non-hydrogen) atoms. The Morgan fingerprint density at radius 2 is 2.08 bits per heavy atom. The molecule has 0 spiro atoms. The summed E-state index contributed by atoms with van der Waals surface area (Å²) in [4.78, 5) is 18.0. The lowest BCUT2D eigenvalue weighted by atomic mass is 10.3. The monoisotopic (exact) mass is 371 g/mol. The van der Waals surface area contributed by atoms with E-state index in [9.17, 15) is 4.79 Å². The molecule has 0 amide bonds. The van der Waals surface area contributed by atoms with E-state index in [1.807, 2.05) is 36.4 Å². The predicted molar refractivity (Wildman–Crippen MR) is 97.6 cm³/mol. The van der Waals surface area contributed by atoms with Crippen molar-refractivity contribution >= 4 is 49.0 Å². The van der Waals surface area contributed by atoms with Crippen molar-refractivity contribution < 1.29 is 14.1 Å². The first-order valence-electron chi connectivity index (χ1n) is 7.49. The Morgan fingerprint density at radius 1 is 1.24 bits per heavy atom. The van der Waals surface area contributed by atoms with Crippen molar-refractivity contribution in [3.05, 3.63) is 58.8 Å². The number of carbonyl (C=O) groups is 1. The van der Waals surface area contributed by atoms with Gasteiger partial charge in [-0.15, -0.1) is 11.3 Å². The SMILES string of the molecule is Cc1cc(COC(=O)c2cc3sc(Nc4ccccc4)nc3s2)no1. The van der Waals surface area contributed by atoms with E-state index in [0.29, 0.717) is 16.3 Å². The average molecular weight is 371 g/mol. The topological polar surface area (TPSA) is 77.2 Å². The molecule has 0 saturated carbocycles. The third-order valence-electron chi connectivity index (χ3n) is 3.34. The van der Waals surface area contributed by atoms with Crippen LogP contribution in [0.25, 0.3) is 9.53 Å². The number of anilines is 2. The maximum absolute atomic E-state index is 12.2. The Kier molecular flexibility index (Phi) is 4.21. The minimum Gasteiger partial charge on any atom is -0.455 e. The van der Waals surface area contributed by atoms with Crippen LogP contribution in [0.1, 0.15) is 21.1 Å². The van der Waals surface area contributed by atoms with Crippen molar-refractivity contribution in [2.45, 2.75) is 13.5 Å². The molecule has 0 aliphatic carbocycles. The van der Waals surface area contributed by atoms with E-state index in [-0.39, 0.29) is 12.6 Å². The first kappa shape index (κ1) is 15.8. The zero-order valence-corrected chi connectivity index (χ0v) is 14.8. The van der Waals surface area contributed by atoms with Gasteiger partial charge in [0, 0.05) is 11.8 Å². The number of nitrogens with zero attached hydrogens (tertiary/aromatic N) is 2. The van der Waals surface area contributed by atoms with Crippen LogP contribution in [0.15, 0.2) is 47.0 Å². The molecule has 0 bridgehead atoms. The number of benzene rings is 1. The van der Waals surface area contributed by atoms with E-state index in [4.69, 9.17) is 9.26 Å². The smallest absolute Gasteiger partial charge is 0.348 e. The van der Waals surface area contributed by atoms with Gasteiger partial charge < -0.3 is 14.6 Å². The Hall–Kier alpha value is -2.71. The zero-order chi connectivity index (χ0) is 17.2. The first-order chi connectivity index (χ1) is 12.2. The van der Waals surface area contributed by atoms with Crippen molar-refractivity contribution in [3.63, 3.8) is 0 Å². The summed E-state index contributed by atoms with van der Waals surface area (Å²) in [5.74, 6) is 0.304. The fourth-order valence-corrected chi connectivity index (χ4v) is 4.26. The zero-order valence-electron chi connectivity index (χ0n) is 13.2. The van der Waals surface area contributed by atoms with Gasteiger partial charge in [0.2, 0.25) is 0 Å². The third-order valence-corrected chi connectivity index (χ3v) is 5.40. The van der Waals surface area contributed by atoms with Gasteiger partial charge in [-0.1, -0.05) is 34.7 Å². The molecule has 0 atom stereocenters. The number of thiazole rings is 1. The molecule has 0 fully saturated rings. The largest absolute Gasteiger partial charge is 0.455 e. The molecule has 1 aromatic carbocycles. The second-order valence-corrected chi connectivity index (χ2v) is 7.36. The van der Waals surface area contributed by atoms with Crippen molar-refractivity contribution in [2.24, 2.45) is 0 Å². The molecule has 0 unspecified atom stereocenters. The second kappa shape index (κ2) is 6.66. The molecule has 8 heteroatoms. The van der Waals surface area contributed by atoms with Crippen LogP contribution in [-0.4, -0.2) is 16.1 Å². The molecule has 3 aromatic heterocycles. The lowest BCUT2D eigenvalue weighted by Gasteiger charge is -2.00. The highest BCUT2D eigenvalue weighted by Crippen LogP contribution is 2.34. The predicted octanol–water partition coefficient (Wildman–Crippen LogP) is 4.75. The Labute approximate surface area is 151 Å². The van der Waals surface area contributed by atoms with E-state index in [1.165, 1.54) is 22.7 Å². The number of ether oxygens (including phenoxy) is 1. The molecule has 4 aromatic rings. The first-order valence-corrected chi connectivity index (χ1v) is 9.12. The quantitative estimate of drug-likeness (QED) is 0.510. The summed E-state index contributed by atoms with van der Waals surface area (Å²) >= 11 is 2.82. The molecule has 0 saturated heterocycles. The number of aryl methyl sites for hydroxylation is 1. The number of rotatable bonds is 5. The van der Waals surface area contributed by atoms with Gasteiger partial charge in [0.05, 0.1) is 4.70 Å². The third kappa shape index (κ3) is 3.54. The molecule has 6 nitrogen and oxygen atoms in total. The van der Waals surface area contributed by atoms with E-state index in [2.05, 4.69) is 15.5 Å². The minimum absolute atomic E-state index is 0.0932. The number of hydrogen-bond acceptors (Lipinski definition) is 8. The van der Waals surface area contributed by atoms with Crippen molar-refractivity contribution in [2.75, 3.05) is 5.32 Å². The number of aromatic nitrogens is 2. The second-order valence-electron chi connectivity index (χ2n) is 5.30. The van der Waals surface area contributed by atoms with Crippen LogP contribution in [0.2, 0.25) is 0 Å². The lowest BCUT2D eigenvalue weighted by Crippen LogP contribution is -2.03. The summed E-state index contributed by atoms with van der Waals surface area (Å²) < 4.78 is 11.2. The van der Waals surface area contributed by atoms with Crippen molar-refractivity contribution in [1.29, 1.82) is 0 Å². The fraction of sp³-hybridized carbons (Fsp3) is 0.118. The van der Waals surface area contributed by atoms with Gasteiger partial charge in [0.25, 0.3) is 0 Å². The van der Waals surface area contributed by atoms with Crippen molar-refractivity contribution in [1.82, 2.24) is 10.1 Å². The normalized spacial score (nSPS) is 10.9. The Bertz CT molecular complexity index is 989. The number of para-hydroxylation sites is 1. The molecule has 0 radical (unpaired) electrons. The summed E-state index contributed by atoms with van der Waals surface area (Å²) in [5, 5.41) is 7.85. The molecule has 4 rings (SSSR count). The lowest BCUT2D eigenvalue weighted by molar-refractivity contribution is 0.0470. The van der Waals surface area contributed by atoms with Gasteiger partial charge in [-0.05, 0) is 25.1 Å². The molecular formula is C17H13N3O3S2. The van der Waals surface area contributed by atoms with E-state index >= 15 is 0 Å². The van der Waals surface area contributed by atoms with E-state index in [1.54, 1.807) is 13.0 Å². The van der Waals surface area contributed by atoms with Crippen LogP contribution in [0.3, 0.4) is 0 Å². The van der Waals surface area contributed by atoms with Gasteiger partial charge in [0.1, 0.15) is 27.8 Å². The van der Waals surface area contributed by atoms with Crippen LogP contribution in [0.4, 0.5) is 10.8 Å². The highest BCUT2D eigenvalue weighted by atomic mass is 32.1. The maximum Gasteiger partial charge on any atom is 0.348 e. The van der Waals surface area contributed by atoms with Crippen molar-refractivity contribution in [3.8, 4) is 0 Å². The summed E-state index contributed by atoms with van der Waals surface area (Å²) in [6.07, 6.45) is 0. The van der Waals surface area contributed by atoms with E-state index in [0.717, 1.165) is 20.3 Å². The van der Waals surface area contributed by atoms with Gasteiger partial charge >= 0.3 is 5.97 Å². The molecular weight excluding hydrogens is 358 g/mol. The summed E-state index contributed by atoms with van der Waals surface area (Å²) in [7, 11) is 0. The van der Waals surface area contributed by atoms with Crippen LogP contribution in [0, 0.1) is 6.92 Å². The highest BCUT2D eigenvalue weighted by molar-refractivity contribution is 7.29. The molecule has 126 valence electrons. The summed E-state index contributed by atoms with van der Waals surface area (Å²) in [6.45, 7) is 1.88. The molecule has 1 N–H and O–H groups in total. The van der Waals surface area contributed by atoms with Crippen LogP contribution in [0.5, 0.6) is 0 Å². The highest BCUT2D eigenvalue weighted by Gasteiger charge is 2.16. The molecule has 0 aliphatic rings. The number of fused-ring (bicyclic) bond motifs is 1. The van der Waals surface area contributed by atoms with Gasteiger partial charge in [-0.25, -0.2) is 9.78 Å². The number of nitrogens with one attached hydrogen (secondary N) is 1. The van der Waals surface area contributed by atoms with Gasteiger partial charge in [0.15, 0.2) is 5.13 Å².